The monoisotopic (exact) mass is 288 g/mol. The highest BCUT2D eigenvalue weighted by Gasteiger charge is 2.26. The summed E-state index contributed by atoms with van der Waals surface area (Å²) in [6, 6.07) is 0.790. The Labute approximate surface area is 118 Å². The Kier molecular flexibility index (Phi) is 5.26. The minimum atomic E-state index is -2.99. The number of rotatable bonds is 7. The molecule has 1 saturated heterocycles. The van der Waals surface area contributed by atoms with E-state index in [0.717, 1.165) is 25.6 Å². The molecule has 1 aliphatic heterocycles. The van der Waals surface area contributed by atoms with E-state index in [2.05, 4.69) is 12.2 Å². The summed E-state index contributed by atoms with van der Waals surface area (Å²) in [5.41, 5.74) is 0. The van der Waals surface area contributed by atoms with Crippen molar-refractivity contribution in [3.63, 3.8) is 0 Å². The van der Waals surface area contributed by atoms with E-state index >= 15 is 0 Å². The van der Waals surface area contributed by atoms with Gasteiger partial charge in [0.2, 0.25) is 10.0 Å². The lowest BCUT2D eigenvalue weighted by Crippen LogP contribution is -2.39. The molecular formula is C14H28N2O2S. The molecule has 0 aromatic rings. The van der Waals surface area contributed by atoms with Crippen molar-refractivity contribution in [2.24, 2.45) is 11.8 Å². The third kappa shape index (κ3) is 5.40. The molecule has 1 N–H and O–H groups in total. The Morgan fingerprint density at radius 2 is 2.05 bits per heavy atom. The summed E-state index contributed by atoms with van der Waals surface area (Å²) in [5, 5.41) is 3.57. The lowest BCUT2D eigenvalue weighted by Gasteiger charge is -2.31. The zero-order chi connectivity index (χ0) is 13.9. The van der Waals surface area contributed by atoms with Crippen LogP contribution in [-0.2, 0) is 10.0 Å². The molecule has 2 fully saturated rings. The molecule has 4 nitrogen and oxygen atoms in total. The zero-order valence-corrected chi connectivity index (χ0v) is 13.1. The van der Waals surface area contributed by atoms with Crippen molar-refractivity contribution in [1.29, 1.82) is 0 Å². The van der Waals surface area contributed by atoms with Gasteiger partial charge in [0.1, 0.15) is 0 Å². The second-order valence-corrected chi connectivity index (χ2v) is 8.48. The van der Waals surface area contributed by atoms with E-state index in [4.69, 9.17) is 0 Å². The molecule has 0 radical (unpaired) electrons. The van der Waals surface area contributed by atoms with Gasteiger partial charge in [0.25, 0.3) is 0 Å². The van der Waals surface area contributed by atoms with Gasteiger partial charge in [-0.3, -0.25) is 0 Å². The topological polar surface area (TPSA) is 49.4 Å². The molecule has 2 rings (SSSR count). The van der Waals surface area contributed by atoms with Crippen molar-refractivity contribution >= 4 is 10.0 Å². The number of piperidine rings is 1. The number of nitrogens with one attached hydrogen (secondary N) is 1. The zero-order valence-electron chi connectivity index (χ0n) is 12.3. The lowest BCUT2D eigenvalue weighted by atomic mass is 9.91. The van der Waals surface area contributed by atoms with E-state index in [0.29, 0.717) is 18.4 Å². The summed E-state index contributed by atoms with van der Waals surface area (Å²) in [6.45, 7) is 4.87. The van der Waals surface area contributed by atoms with Crippen LogP contribution in [-0.4, -0.2) is 44.7 Å². The van der Waals surface area contributed by atoms with Crippen molar-refractivity contribution in [3.8, 4) is 0 Å². The summed E-state index contributed by atoms with van der Waals surface area (Å²) >= 11 is 0. The van der Waals surface area contributed by atoms with Crippen molar-refractivity contribution in [1.82, 2.24) is 9.62 Å². The van der Waals surface area contributed by atoms with Crippen LogP contribution in [0.25, 0.3) is 0 Å². The van der Waals surface area contributed by atoms with Gasteiger partial charge in [0, 0.05) is 19.1 Å². The molecule has 5 heteroatoms. The van der Waals surface area contributed by atoms with Crippen molar-refractivity contribution in [2.45, 2.75) is 51.5 Å². The van der Waals surface area contributed by atoms with Gasteiger partial charge in [-0.2, -0.15) is 0 Å². The van der Waals surface area contributed by atoms with Crippen LogP contribution in [0.15, 0.2) is 0 Å². The summed E-state index contributed by atoms with van der Waals surface area (Å²) < 4.78 is 24.8. The van der Waals surface area contributed by atoms with E-state index in [9.17, 15) is 8.42 Å². The lowest BCUT2D eigenvalue weighted by molar-refractivity contribution is 0.244. The molecule has 1 saturated carbocycles. The molecule has 1 heterocycles. The van der Waals surface area contributed by atoms with Crippen LogP contribution < -0.4 is 5.32 Å². The van der Waals surface area contributed by atoms with Crippen LogP contribution in [0.5, 0.6) is 0 Å². The molecule has 1 aliphatic carbocycles. The summed E-state index contributed by atoms with van der Waals surface area (Å²) in [5.74, 6) is 1.26. The van der Waals surface area contributed by atoms with Gasteiger partial charge in [0.05, 0.1) is 6.26 Å². The standard InChI is InChI=1S/C14H28N2O2S/c1-12(10-15-14-7-8-14)5-6-13-4-3-9-16(11-13)19(2,17)18/h12-15H,3-11H2,1-2H3. The van der Waals surface area contributed by atoms with Gasteiger partial charge in [0.15, 0.2) is 0 Å². The Bertz CT molecular complexity index is 379. The molecule has 0 aromatic carbocycles. The van der Waals surface area contributed by atoms with Crippen LogP contribution in [0.2, 0.25) is 0 Å². The van der Waals surface area contributed by atoms with Crippen LogP contribution in [0.3, 0.4) is 0 Å². The highest BCUT2D eigenvalue weighted by molar-refractivity contribution is 7.88. The average molecular weight is 288 g/mol. The number of hydrogen-bond acceptors (Lipinski definition) is 3. The highest BCUT2D eigenvalue weighted by atomic mass is 32.2. The minimum Gasteiger partial charge on any atom is -0.314 e. The summed E-state index contributed by atoms with van der Waals surface area (Å²) in [6.07, 6.45) is 8.61. The number of hydrogen-bond donors (Lipinski definition) is 1. The third-order valence-electron chi connectivity index (χ3n) is 4.35. The van der Waals surface area contributed by atoms with Gasteiger partial charge < -0.3 is 5.32 Å². The molecular weight excluding hydrogens is 260 g/mol. The predicted octanol–water partition coefficient (Wildman–Crippen LogP) is 1.83. The predicted molar refractivity (Wildman–Crippen MR) is 78.6 cm³/mol. The second-order valence-electron chi connectivity index (χ2n) is 6.49. The molecule has 112 valence electrons. The number of nitrogens with zero attached hydrogens (tertiary/aromatic N) is 1. The first-order valence-corrected chi connectivity index (χ1v) is 9.48. The first-order valence-electron chi connectivity index (χ1n) is 7.63. The van der Waals surface area contributed by atoms with E-state index < -0.39 is 10.0 Å². The van der Waals surface area contributed by atoms with Crippen LogP contribution in [0.4, 0.5) is 0 Å². The Morgan fingerprint density at radius 1 is 1.32 bits per heavy atom. The Hall–Kier alpha value is -0.130. The average Bonchev–Trinajstić information content (AvgIpc) is 3.17. The fourth-order valence-corrected chi connectivity index (χ4v) is 3.78. The maximum atomic E-state index is 11.6. The molecule has 0 spiro atoms. The van der Waals surface area contributed by atoms with E-state index in [1.54, 1.807) is 4.31 Å². The maximum absolute atomic E-state index is 11.6. The molecule has 2 unspecified atom stereocenters. The van der Waals surface area contributed by atoms with E-state index in [1.807, 2.05) is 0 Å². The molecule has 19 heavy (non-hydrogen) atoms. The van der Waals surface area contributed by atoms with Crippen LogP contribution >= 0.6 is 0 Å². The van der Waals surface area contributed by atoms with E-state index in [1.165, 1.54) is 38.4 Å². The van der Waals surface area contributed by atoms with E-state index in [-0.39, 0.29) is 0 Å². The Balaban J connectivity index is 1.66. The van der Waals surface area contributed by atoms with Crippen LogP contribution in [0, 0.1) is 11.8 Å². The van der Waals surface area contributed by atoms with Crippen LogP contribution in [0.1, 0.15) is 45.4 Å². The molecule has 0 aromatic heterocycles. The summed E-state index contributed by atoms with van der Waals surface area (Å²) in [7, 11) is -2.99. The second kappa shape index (κ2) is 6.55. The third-order valence-corrected chi connectivity index (χ3v) is 5.62. The van der Waals surface area contributed by atoms with Gasteiger partial charge in [-0.1, -0.05) is 6.92 Å². The normalized spacial score (nSPS) is 27.4. The quantitative estimate of drug-likeness (QED) is 0.777. The van der Waals surface area contributed by atoms with Gasteiger partial charge >= 0.3 is 0 Å². The van der Waals surface area contributed by atoms with Crippen molar-refractivity contribution < 1.29 is 8.42 Å². The fraction of sp³-hybridized carbons (Fsp3) is 1.00. The minimum absolute atomic E-state index is 0.562. The smallest absolute Gasteiger partial charge is 0.211 e. The van der Waals surface area contributed by atoms with Gasteiger partial charge in [-0.15, -0.1) is 0 Å². The van der Waals surface area contributed by atoms with Gasteiger partial charge in [-0.25, -0.2) is 12.7 Å². The molecule has 0 bridgehead atoms. The maximum Gasteiger partial charge on any atom is 0.211 e. The largest absolute Gasteiger partial charge is 0.314 e. The molecule has 2 aliphatic rings. The molecule has 2 atom stereocenters. The Morgan fingerprint density at radius 3 is 2.68 bits per heavy atom. The molecule has 0 amide bonds. The van der Waals surface area contributed by atoms with Crippen molar-refractivity contribution in [2.75, 3.05) is 25.9 Å². The highest BCUT2D eigenvalue weighted by Crippen LogP contribution is 2.25. The number of sulfonamides is 1. The summed E-state index contributed by atoms with van der Waals surface area (Å²) in [4.78, 5) is 0. The first-order chi connectivity index (χ1) is 8.95. The fourth-order valence-electron chi connectivity index (χ4n) is 2.84. The first kappa shape index (κ1) is 15.3. The van der Waals surface area contributed by atoms with Gasteiger partial charge in [-0.05, 0) is 56.9 Å². The SMILES string of the molecule is CC(CCC1CCCN(S(C)(=O)=O)C1)CNC1CC1. The van der Waals surface area contributed by atoms with Crippen molar-refractivity contribution in [3.05, 3.63) is 0 Å².